The van der Waals surface area contributed by atoms with E-state index in [4.69, 9.17) is 9.47 Å². The Morgan fingerprint density at radius 2 is 2.24 bits per heavy atom. The quantitative estimate of drug-likeness (QED) is 0.819. The highest BCUT2D eigenvalue weighted by Gasteiger charge is 2.14. The van der Waals surface area contributed by atoms with Crippen LogP contribution in [0.5, 0.6) is 0 Å². The van der Waals surface area contributed by atoms with Crippen molar-refractivity contribution in [3.63, 3.8) is 0 Å². The zero-order valence-corrected chi connectivity index (χ0v) is 10.5. The Hall–Kier alpha value is -0.900. The average Bonchev–Trinajstić information content (AvgIpc) is 2.81. The molecule has 0 saturated carbocycles. The van der Waals surface area contributed by atoms with E-state index < -0.39 is 0 Å². The number of hydrogen-bond acceptors (Lipinski definition) is 3. The molecule has 0 bridgehead atoms. The maximum Gasteiger partial charge on any atom is 0.158 e. The van der Waals surface area contributed by atoms with E-state index >= 15 is 0 Å². The van der Waals surface area contributed by atoms with Crippen LogP contribution in [0.3, 0.4) is 0 Å². The molecular weight excluding hydrogens is 232 g/mol. The summed E-state index contributed by atoms with van der Waals surface area (Å²) in [6.45, 7) is 1.50. The van der Waals surface area contributed by atoms with Crippen LogP contribution < -0.4 is 0 Å². The normalized spacial score (nSPS) is 20.8. The molecule has 2 aromatic rings. The van der Waals surface area contributed by atoms with Gasteiger partial charge in [-0.2, -0.15) is 0 Å². The van der Waals surface area contributed by atoms with E-state index in [2.05, 4.69) is 29.6 Å². The highest BCUT2D eigenvalue weighted by Crippen LogP contribution is 2.27. The molecule has 0 radical (unpaired) electrons. The summed E-state index contributed by atoms with van der Waals surface area (Å²) >= 11 is 1.78. The summed E-state index contributed by atoms with van der Waals surface area (Å²) in [6.07, 6.45) is 3.42. The van der Waals surface area contributed by atoms with Gasteiger partial charge in [-0.25, -0.2) is 0 Å². The van der Waals surface area contributed by atoms with Crippen molar-refractivity contribution in [2.75, 3.05) is 6.61 Å². The predicted molar refractivity (Wildman–Crippen MR) is 70.2 cm³/mol. The molecule has 1 aromatic carbocycles. The molecule has 1 atom stereocenters. The van der Waals surface area contributed by atoms with Crippen molar-refractivity contribution in [2.45, 2.75) is 32.2 Å². The predicted octanol–water partition coefficient (Wildman–Crippen LogP) is 3.94. The highest BCUT2D eigenvalue weighted by molar-refractivity contribution is 7.17. The number of rotatable bonds is 3. The number of thiophene rings is 1. The Bertz CT molecular complexity index is 486. The Labute approximate surface area is 105 Å². The smallest absolute Gasteiger partial charge is 0.158 e. The van der Waals surface area contributed by atoms with Gasteiger partial charge in [-0.05, 0) is 41.7 Å². The number of hydrogen-bond donors (Lipinski definition) is 0. The van der Waals surface area contributed by atoms with Gasteiger partial charge in [-0.1, -0.05) is 18.2 Å². The lowest BCUT2D eigenvalue weighted by Gasteiger charge is -2.22. The first kappa shape index (κ1) is 11.2. The number of ether oxygens (including phenoxy) is 2. The second-order valence-electron chi connectivity index (χ2n) is 4.36. The largest absolute Gasteiger partial charge is 0.353 e. The van der Waals surface area contributed by atoms with Gasteiger partial charge in [0.15, 0.2) is 6.29 Å². The highest BCUT2D eigenvalue weighted by atomic mass is 32.1. The monoisotopic (exact) mass is 248 g/mol. The zero-order valence-electron chi connectivity index (χ0n) is 9.72. The van der Waals surface area contributed by atoms with Gasteiger partial charge >= 0.3 is 0 Å². The van der Waals surface area contributed by atoms with E-state index in [9.17, 15) is 0 Å². The number of benzene rings is 1. The van der Waals surface area contributed by atoms with Crippen LogP contribution in [0.25, 0.3) is 10.1 Å². The van der Waals surface area contributed by atoms with Crippen molar-refractivity contribution in [1.82, 2.24) is 0 Å². The fraction of sp³-hybridized carbons (Fsp3) is 0.429. The van der Waals surface area contributed by atoms with Crippen molar-refractivity contribution in [2.24, 2.45) is 0 Å². The third-order valence-electron chi connectivity index (χ3n) is 3.12. The summed E-state index contributed by atoms with van der Waals surface area (Å²) in [6, 6.07) is 8.47. The second-order valence-corrected chi connectivity index (χ2v) is 5.28. The molecule has 1 unspecified atom stereocenters. The first-order valence-electron chi connectivity index (χ1n) is 6.12. The summed E-state index contributed by atoms with van der Waals surface area (Å²) in [5, 5.41) is 3.50. The summed E-state index contributed by atoms with van der Waals surface area (Å²) in [5.74, 6) is 0. The molecular formula is C14H16O2S. The lowest BCUT2D eigenvalue weighted by molar-refractivity contribution is -0.168. The van der Waals surface area contributed by atoms with Gasteiger partial charge in [-0.3, -0.25) is 0 Å². The third-order valence-corrected chi connectivity index (χ3v) is 4.14. The van der Waals surface area contributed by atoms with Gasteiger partial charge in [0.25, 0.3) is 0 Å². The molecule has 1 aromatic heterocycles. The van der Waals surface area contributed by atoms with Crippen LogP contribution >= 0.6 is 11.3 Å². The Morgan fingerprint density at radius 3 is 3.12 bits per heavy atom. The molecule has 0 amide bonds. The average molecular weight is 248 g/mol. The standard InChI is InChI=1S/C14H16O2S/c1-2-6-13-12(5-1)11(10-17-13)9-16-14-7-3-4-8-15-14/h1-2,5-6,10,14H,3-4,7-9H2. The summed E-state index contributed by atoms with van der Waals surface area (Å²) < 4.78 is 12.7. The minimum absolute atomic E-state index is 0.00223. The lowest BCUT2D eigenvalue weighted by Crippen LogP contribution is -2.21. The van der Waals surface area contributed by atoms with Gasteiger partial charge in [0, 0.05) is 11.3 Å². The van der Waals surface area contributed by atoms with E-state index in [1.807, 2.05) is 0 Å². The Kier molecular flexibility index (Phi) is 3.41. The molecule has 0 spiro atoms. The molecule has 1 fully saturated rings. The maximum atomic E-state index is 5.82. The van der Waals surface area contributed by atoms with Crippen LogP contribution in [0.15, 0.2) is 29.6 Å². The summed E-state index contributed by atoms with van der Waals surface area (Å²) in [7, 11) is 0. The van der Waals surface area contributed by atoms with E-state index in [-0.39, 0.29) is 6.29 Å². The molecule has 17 heavy (non-hydrogen) atoms. The van der Waals surface area contributed by atoms with Gasteiger partial charge in [-0.15, -0.1) is 11.3 Å². The van der Waals surface area contributed by atoms with Gasteiger partial charge < -0.3 is 9.47 Å². The van der Waals surface area contributed by atoms with Crippen LogP contribution in [0, 0.1) is 0 Å². The van der Waals surface area contributed by atoms with Crippen LogP contribution in [0.2, 0.25) is 0 Å². The topological polar surface area (TPSA) is 18.5 Å². The van der Waals surface area contributed by atoms with Crippen LogP contribution in [0.4, 0.5) is 0 Å². The van der Waals surface area contributed by atoms with E-state index in [1.165, 1.54) is 28.5 Å². The Morgan fingerprint density at radius 1 is 1.29 bits per heavy atom. The van der Waals surface area contributed by atoms with E-state index in [0.29, 0.717) is 6.61 Å². The van der Waals surface area contributed by atoms with E-state index in [0.717, 1.165) is 13.0 Å². The van der Waals surface area contributed by atoms with Gasteiger partial charge in [0.2, 0.25) is 0 Å². The van der Waals surface area contributed by atoms with Crippen molar-refractivity contribution in [3.05, 3.63) is 35.2 Å². The lowest BCUT2D eigenvalue weighted by atomic mass is 10.2. The fourth-order valence-corrected chi connectivity index (χ4v) is 3.12. The molecule has 0 aliphatic carbocycles. The minimum Gasteiger partial charge on any atom is -0.353 e. The van der Waals surface area contributed by atoms with Crippen LogP contribution in [0.1, 0.15) is 24.8 Å². The molecule has 0 N–H and O–H groups in total. The van der Waals surface area contributed by atoms with Crippen LogP contribution in [-0.4, -0.2) is 12.9 Å². The fourth-order valence-electron chi connectivity index (χ4n) is 2.17. The molecule has 90 valence electrons. The molecule has 3 rings (SSSR count). The summed E-state index contributed by atoms with van der Waals surface area (Å²) in [5.41, 5.74) is 1.28. The molecule has 3 heteroatoms. The van der Waals surface area contributed by atoms with Gasteiger partial charge in [0.05, 0.1) is 6.61 Å². The van der Waals surface area contributed by atoms with Crippen LogP contribution in [-0.2, 0) is 16.1 Å². The zero-order chi connectivity index (χ0) is 11.5. The summed E-state index contributed by atoms with van der Waals surface area (Å²) in [4.78, 5) is 0. The van der Waals surface area contributed by atoms with E-state index in [1.54, 1.807) is 11.3 Å². The molecule has 1 aliphatic rings. The number of fused-ring (bicyclic) bond motifs is 1. The van der Waals surface area contributed by atoms with Crippen molar-refractivity contribution >= 4 is 21.4 Å². The second kappa shape index (κ2) is 5.17. The molecule has 2 nitrogen and oxygen atoms in total. The van der Waals surface area contributed by atoms with Crippen molar-refractivity contribution in [3.8, 4) is 0 Å². The molecule has 1 saturated heterocycles. The van der Waals surface area contributed by atoms with Gasteiger partial charge in [0.1, 0.15) is 0 Å². The first-order chi connectivity index (χ1) is 8.43. The molecule has 1 aliphatic heterocycles. The minimum atomic E-state index is 0.00223. The first-order valence-corrected chi connectivity index (χ1v) is 7.00. The Balaban J connectivity index is 1.68. The maximum absolute atomic E-state index is 5.82. The third kappa shape index (κ3) is 2.51. The SMILES string of the molecule is c1ccc2c(COC3CCCCO3)csc2c1. The van der Waals surface area contributed by atoms with Crippen molar-refractivity contribution in [1.29, 1.82) is 0 Å². The van der Waals surface area contributed by atoms with Crippen molar-refractivity contribution < 1.29 is 9.47 Å². The molecule has 2 heterocycles.